The van der Waals surface area contributed by atoms with Crippen LogP contribution in [0.1, 0.15) is 36.6 Å². The number of hydrogen-bond acceptors (Lipinski definition) is 6. The molecule has 0 aliphatic heterocycles. The van der Waals surface area contributed by atoms with Crippen LogP contribution in [0.15, 0.2) is 75.4 Å². The second-order valence-electron chi connectivity index (χ2n) is 8.37. The van der Waals surface area contributed by atoms with E-state index in [0.29, 0.717) is 27.9 Å². The lowest BCUT2D eigenvalue weighted by molar-refractivity contribution is 0.459. The van der Waals surface area contributed by atoms with Crippen molar-refractivity contribution >= 4 is 17.3 Å². The van der Waals surface area contributed by atoms with Crippen LogP contribution in [0.25, 0.3) is 0 Å². The van der Waals surface area contributed by atoms with E-state index in [-0.39, 0.29) is 18.2 Å². The number of aromatic nitrogens is 4. The highest BCUT2D eigenvalue weighted by molar-refractivity contribution is 6.30. The third-order valence-electron chi connectivity index (χ3n) is 5.37. The Labute approximate surface area is 211 Å². The van der Waals surface area contributed by atoms with Gasteiger partial charge in [0.25, 0.3) is 0 Å². The normalized spacial score (nSPS) is 11.5. The van der Waals surface area contributed by atoms with Gasteiger partial charge in [0.1, 0.15) is 11.8 Å². The van der Waals surface area contributed by atoms with Gasteiger partial charge in [0, 0.05) is 23.3 Å². The van der Waals surface area contributed by atoms with Crippen LogP contribution in [0.2, 0.25) is 5.02 Å². The Hall–Kier alpha value is -4.42. The zero-order valence-electron chi connectivity index (χ0n) is 19.9. The van der Waals surface area contributed by atoms with Gasteiger partial charge in [0.05, 0.1) is 17.8 Å². The number of benzene rings is 2. The first kappa shape index (κ1) is 24.7. The highest BCUT2D eigenvalue weighted by Crippen LogP contribution is 2.27. The molecular weight excluding hydrogens is 480 g/mol. The number of halogens is 1. The molecule has 36 heavy (non-hydrogen) atoms. The molecule has 182 valence electrons. The summed E-state index contributed by atoms with van der Waals surface area (Å²) in [7, 11) is 0. The molecule has 9 nitrogen and oxygen atoms in total. The smallest absolute Gasteiger partial charge is 0.335 e. The van der Waals surface area contributed by atoms with Gasteiger partial charge in [-0.05, 0) is 68.3 Å². The van der Waals surface area contributed by atoms with Crippen molar-refractivity contribution in [3.05, 3.63) is 109 Å². The van der Waals surface area contributed by atoms with E-state index in [4.69, 9.17) is 21.6 Å². The molecule has 2 aromatic heterocycles. The van der Waals surface area contributed by atoms with Crippen LogP contribution in [0.4, 0.5) is 5.69 Å². The van der Waals surface area contributed by atoms with Gasteiger partial charge in [-0.25, -0.2) is 24.1 Å². The van der Waals surface area contributed by atoms with E-state index in [0.717, 1.165) is 15.7 Å². The Morgan fingerprint density at radius 1 is 1.14 bits per heavy atom. The second-order valence-corrected chi connectivity index (χ2v) is 8.81. The topological polar surface area (TPSA) is 118 Å². The molecule has 10 heteroatoms. The van der Waals surface area contributed by atoms with Crippen LogP contribution < -0.4 is 21.7 Å². The van der Waals surface area contributed by atoms with Crippen LogP contribution >= 0.6 is 11.6 Å². The molecule has 4 rings (SSSR count). The van der Waals surface area contributed by atoms with Gasteiger partial charge < -0.3 is 4.74 Å². The molecule has 2 aromatic carbocycles. The summed E-state index contributed by atoms with van der Waals surface area (Å²) in [6.07, 6.45) is 1.43. The van der Waals surface area contributed by atoms with E-state index in [9.17, 15) is 9.59 Å². The number of pyridine rings is 1. The number of H-pyrrole nitrogens is 1. The zero-order chi connectivity index (χ0) is 25.8. The van der Waals surface area contributed by atoms with Gasteiger partial charge in [0.15, 0.2) is 0 Å². The summed E-state index contributed by atoms with van der Waals surface area (Å²) in [6, 6.07) is 17.2. The summed E-state index contributed by atoms with van der Waals surface area (Å²) in [4.78, 5) is 37.4. The van der Waals surface area contributed by atoms with E-state index in [1.807, 2.05) is 25.1 Å². The van der Waals surface area contributed by atoms with Crippen molar-refractivity contribution in [3.63, 3.8) is 0 Å². The molecule has 2 heterocycles. The van der Waals surface area contributed by atoms with E-state index in [2.05, 4.69) is 15.0 Å². The van der Waals surface area contributed by atoms with Crippen LogP contribution in [-0.4, -0.2) is 19.1 Å². The molecule has 0 unspecified atom stereocenters. The molecule has 0 radical (unpaired) electrons. The van der Waals surface area contributed by atoms with Crippen molar-refractivity contribution in [3.8, 4) is 17.7 Å². The molecule has 0 aliphatic rings. The van der Waals surface area contributed by atoms with Crippen molar-refractivity contribution in [1.82, 2.24) is 19.1 Å². The van der Waals surface area contributed by atoms with Crippen molar-refractivity contribution in [2.45, 2.75) is 33.4 Å². The molecule has 0 saturated heterocycles. The summed E-state index contributed by atoms with van der Waals surface area (Å²) in [5, 5.41) is 9.50. The minimum atomic E-state index is -0.537. The molecule has 0 saturated carbocycles. The maximum absolute atomic E-state index is 13.3. The molecule has 0 atom stereocenters. The summed E-state index contributed by atoms with van der Waals surface area (Å²) in [5.74, 6) is 0.910. The monoisotopic (exact) mass is 502 g/mol. The lowest BCUT2D eigenvalue weighted by atomic mass is 10.2. The van der Waals surface area contributed by atoms with Crippen LogP contribution in [0.5, 0.6) is 11.6 Å². The average molecular weight is 503 g/mol. The summed E-state index contributed by atoms with van der Waals surface area (Å²) in [5.41, 5.74) is 1.68. The Kier molecular flexibility index (Phi) is 7.17. The first-order valence-corrected chi connectivity index (χ1v) is 11.5. The van der Waals surface area contributed by atoms with Crippen LogP contribution in [0, 0.1) is 18.3 Å². The maximum atomic E-state index is 13.3. The lowest BCUT2D eigenvalue weighted by Gasteiger charge is -2.13. The molecule has 0 aliphatic carbocycles. The number of ether oxygens (including phenoxy) is 1. The third kappa shape index (κ3) is 5.45. The predicted molar refractivity (Wildman–Crippen MR) is 136 cm³/mol. The highest BCUT2D eigenvalue weighted by atomic mass is 35.5. The summed E-state index contributed by atoms with van der Waals surface area (Å²) >= 11 is 6.00. The third-order valence-corrected chi connectivity index (χ3v) is 5.63. The van der Waals surface area contributed by atoms with Gasteiger partial charge >= 0.3 is 11.4 Å². The number of nitriles is 1. The van der Waals surface area contributed by atoms with Gasteiger partial charge in [-0.2, -0.15) is 5.26 Å². The van der Waals surface area contributed by atoms with Gasteiger partial charge in [-0.15, -0.1) is 0 Å². The fourth-order valence-corrected chi connectivity index (χ4v) is 3.67. The number of rotatable bonds is 6. The first-order chi connectivity index (χ1) is 17.2. The van der Waals surface area contributed by atoms with E-state index >= 15 is 0 Å². The molecule has 4 aromatic rings. The average Bonchev–Trinajstić information content (AvgIpc) is 2.84. The summed E-state index contributed by atoms with van der Waals surface area (Å²) < 4.78 is 8.39. The van der Waals surface area contributed by atoms with E-state index < -0.39 is 11.4 Å². The van der Waals surface area contributed by atoms with Gasteiger partial charge in [-0.3, -0.25) is 9.55 Å². The van der Waals surface area contributed by atoms with Gasteiger partial charge in [-0.1, -0.05) is 23.7 Å². The number of aryl methyl sites for hydroxylation is 1. The number of nitrogens with zero attached hydrogens (tertiary/aromatic N) is 5. The van der Waals surface area contributed by atoms with Crippen LogP contribution in [0.3, 0.4) is 0 Å². The van der Waals surface area contributed by atoms with Crippen molar-refractivity contribution in [2.24, 2.45) is 4.99 Å². The fourth-order valence-electron chi connectivity index (χ4n) is 3.55. The van der Waals surface area contributed by atoms with Crippen molar-refractivity contribution in [1.29, 1.82) is 5.26 Å². The standard InChI is InChI=1S/C26H23ClN6O3/c1-16(2)33-25(34)31-24(32(26(33)35)15-18-4-7-20(27)8-5-18)30-21-9-10-22(17(3)12-21)36-23-11-6-19(13-28)14-29-23/h4-12,14,16H,15H2,1-3H3,(H,30,31,34). The van der Waals surface area contributed by atoms with Crippen LogP contribution in [-0.2, 0) is 6.54 Å². The Balaban J connectivity index is 1.75. The molecule has 1 N–H and O–H groups in total. The number of aromatic amines is 1. The SMILES string of the molecule is Cc1cc(/N=c2\[nH]c(=O)n(C(C)C)c(=O)n2Cc2ccc(Cl)cc2)ccc1Oc1ccc(C#N)cn1. The maximum Gasteiger partial charge on any atom is 0.335 e. The number of hydrogen-bond donors (Lipinski definition) is 1. The van der Waals surface area contributed by atoms with Crippen molar-refractivity contribution < 1.29 is 4.74 Å². The largest absolute Gasteiger partial charge is 0.439 e. The fraction of sp³-hybridized carbons (Fsp3) is 0.192. The summed E-state index contributed by atoms with van der Waals surface area (Å²) in [6.45, 7) is 5.58. The molecule has 0 spiro atoms. The Morgan fingerprint density at radius 3 is 2.50 bits per heavy atom. The molecule has 0 amide bonds. The minimum absolute atomic E-state index is 0.124. The first-order valence-electron chi connectivity index (χ1n) is 11.1. The quantitative estimate of drug-likeness (QED) is 0.423. The number of nitrogens with one attached hydrogen (secondary N) is 1. The zero-order valence-corrected chi connectivity index (χ0v) is 20.7. The van der Waals surface area contributed by atoms with E-state index in [1.54, 1.807) is 56.3 Å². The van der Waals surface area contributed by atoms with E-state index in [1.165, 1.54) is 10.8 Å². The Morgan fingerprint density at radius 2 is 1.89 bits per heavy atom. The lowest BCUT2D eigenvalue weighted by Crippen LogP contribution is -2.50. The molecule has 0 fully saturated rings. The minimum Gasteiger partial charge on any atom is -0.439 e. The molecular formula is C26H23ClN6O3. The highest BCUT2D eigenvalue weighted by Gasteiger charge is 2.13. The second kappa shape index (κ2) is 10.5. The van der Waals surface area contributed by atoms with Crippen molar-refractivity contribution in [2.75, 3.05) is 0 Å². The van der Waals surface area contributed by atoms with Gasteiger partial charge in [0.2, 0.25) is 11.5 Å². The Bertz CT molecular complexity index is 1630. The predicted octanol–water partition coefficient (Wildman–Crippen LogP) is 4.22. The molecule has 0 bridgehead atoms.